The molecule has 0 bridgehead atoms. The van der Waals surface area contributed by atoms with Gasteiger partial charge < -0.3 is 9.78 Å². The van der Waals surface area contributed by atoms with Crippen LogP contribution in [0.2, 0.25) is 0 Å². The molecule has 0 aliphatic heterocycles. The van der Waals surface area contributed by atoms with Gasteiger partial charge in [0.1, 0.15) is 6.29 Å². The SMILES string of the molecule is O=CCCCc1ccc(-c2ccc(=O)[nH]c2)cc1. The van der Waals surface area contributed by atoms with Gasteiger partial charge in [0.25, 0.3) is 0 Å². The Hall–Kier alpha value is -2.16. The summed E-state index contributed by atoms with van der Waals surface area (Å²) in [4.78, 5) is 23.9. The molecule has 0 fully saturated rings. The Labute approximate surface area is 105 Å². The standard InChI is InChI=1S/C15H15NO2/c17-10-2-1-3-12-4-6-13(7-5-12)14-8-9-15(18)16-11-14/h4-11H,1-3H2,(H,16,18). The van der Waals surface area contributed by atoms with E-state index in [-0.39, 0.29) is 5.56 Å². The highest BCUT2D eigenvalue weighted by atomic mass is 16.1. The first-order chi connectivity index (χ1) is 8.79. The van der Waals surface area contributed by atoms with Crippen molar-refractivity contribution in [2.75, 3.05) is 0 Å². The molecule has 1 aromatic heterocycles. The van der Waals surface area contributed by atoms with Crippen molar-refractivity contribution in [1.29, 1.82) is 0 Å². The number of aldehydes is 1. The number of benzene rings is 1. The predicted molar refractivity (Wildman–Crippen MR) is 71.5 cm³/mol. The number of rotatable bonds is 5. The van der Waals surface area contributed by atoms with E-state index in [0.717, 1.165) is 30.3 Å². The summed E-state index contributed by atoms with van der Waals surface area (Å²) in [6, 6.07) is 11.5. The summed E-state index contributed by atoms with van der Waals surface area (Å²) in [6.07, 6.45) is 5.09. The average molecular weight is 241 g/mol. The van der Waals surface area contributed by atoms with Gasteiger partial charge in [-0.25, -0.2) is 0 Å². The number of unbranched alkanes of at least 4 members (excludes halogenated alkanes) is 1. The molecule has 0 amide bonds. The van der Waals surface area contributed by atoms with Crippen LogP contribution in [-0.4, -0.2) is 11.3 Å². The molecule has 0 aliphatic rings. The molecule has 2 aromatic rings. The number of hydrogen-bond donors (Lipinski definition) is 1. The highest BCUT2D eigenvalue weighted by molar-refractivity contribution is 5.62. The molecule has 3 nitrogen and oxygen atoms in total. The van der Waals surface area contributed by atoms with E-state index in [1.165, 1.54) is 11.6 Å². The van der Waals surface area contributed by atoms with Crippen LogP contribution in [0.25, 0.3) is 11.1 Å². The van der Waals surface area contributed by atoms with Gasteiger partial charge in [0.05, 0.1) is 0 Å². The van der Waals surface area contributed by atoms with Gasteiger partial charge in [-0.05, 0) is 35.6 Å². The Morgan fingerprint density at radius 3 is 2.33 bits per heavy atom. The van der Waals surface area contributed by atoms with E-state index < -0.39 is 0 Å². The lowest BCUT2D eigenvalue weighted by molar-refractivity contribution is -0.107. The van der Waals surface area contributed by atoms with Gasteiger partial charge in [-0.3, -0.25) is 4.79 Å². The topological polar surface area (TPSA) is 49.9 Å². The minimum Gasteiger partial charge on any atom is -0.328 e. The number of pyridine rings is 1. The third-order valence-electron chi connectivity index (χ3n) is 2.86. The van der Waals surface area contributed by atoms with Crippen molar-refractivity contribution in [2.45, 2.75) is 19.3 Å². The third kappa shape index (κ3) is 3.17. The van der Waals surface area contributed by atoms with Crippen molar-refractivity contribution in [3.63, 3.8) is 0 Å². The first kappa shape index (κ1) is 12.3. The summed E-state index contributed by atoms with van der Waals surface area (Å²) in [5.41, 5.74) is 3.20. The van der Waals surface area contributed by atoms with E-state index >= 15 is 0 Å². The molecule has 2 rings (SSSR count). The van der Waals surface area contributed by atoms with Gasteiger partial charge in [-0.15, -0.1) is 0 Å². The smallest absolute Gasteiger partial charge is 0.247 e. The lowest BCUT2D eigenvalue weighted by atomic mass is 10.0. The van der Waals surface area contributed by atoms with Gasteiger partial charge in [0, 0.05) is 18.7 Å². The van der Waals surface area contributed by atoms with Crippen molar-refractivity contribution >= 4 is 6.29 Å². The first-order valence-corrected chi connectivity index (χ1v) is 6.01. The predicted octanol–water partition coefficient (Wildman–Crippen LogP) is 2.56. The van der Waals surface area contributed by atoms with Gasteiger partial charge in [0.2, 0.25) is 5.56 Å². The maximum atomic E-state index is 11.0. The summed E-state index contributed by atoms with van der Waals surface area (Å²) in [5.74, 6) is 0. The first-order valence-electron chi connectivity index (χ1n) is 6.01. The van der Waals surface area contributed by atoms with Gasteiger partial charge >= 0.3 is 0 Å². The number of aryl methyl sites for hydroxylation is 1. The van der Waals surface area contributed by atoms with Gasteiger partial charge in [-0.2, -0.15) is 0 Å². The van der Waals surface area contributed by atoms with Crippen LogP contribution in [0.5, 0.6) is 0 Å². The zero-order valence-corrected chi connectivity index (χ0v) is 10.1. The number of aromatic nitrogens is 1. The number of nitrogens with one attached hydrogen (secondary N) is 1. The molecule has 0 saturated heterocycles. The van der Waals surface area contributed by atoms with Crippen molar-refractivity contribution in [2.24, 2.45) is 0 Å². The lowest BCUT2D eigenvalue weighted by Crippen LogP contribution is -2.01. The second-order valence-corrected chi connectivity index (χ2v) is 4.20. The molecule has 0 saturated carbocycles. The molecule has 0 unspecified atom stereocenters. The molecule has 0 radical (unpaired) electrons. The van der Waals surface area contributed by atoms with Crippen molar-refractivity contribution < 1.29 is 4.79 Å². The number of carbonyl (C=O) groups is 1. The Morgan fingerprint density at radius 1 is 1.00 bits per heavy atom. The molecule has 1 heterocycles. The van der Waals surface area contributed by atoms with Crippen molar-refractivity contribution in [1.82, 2.24) is 4.98 Å². The van der Waals surface area contributed by atoms with Crippen LogP contribution in [0.1, 0.15) is 18.4 Å². The summed E-state index contributed by atoms with van der Waals surface area (Å²) >= 11 is 0. The number of carbonyl (C=O) groups excluding carboxylic acids is 1. The van der Waals surface area contributed by atoms with E-state index in [9.17, 15) is 9.59 Å². The van der Waals surface area contributed by atoms with Crippen LogP contribution in [0.4, 0.5) is 0 Å². The van der Waals surface area contributed by atoms with Crippen LogP contribution in [0.15, 0.2) is 47.4 Å². The van der Waals surface area contributed by atoms with Crippen LogP contribution in [0, 0.1) is 0 Å². The number of H-pyrrole nitrogens is 1. The van der Waals surface area contributed by atoms with Crippen LogP contribution in [-0.2, 0) is 11.2 Å². The molecule has 0 aliphatic carbocycles. The minimum absolute atomic E-state index is 0.0933. The van der Waals surface area contributed by atoms with Crippen LogP contribution < -0.4 is 5.56 Å². The third-order valence-corrected chi connectivity index (χ3v) is 2.86. The molecule has 1 aromatic carbocycles. The van der Waals surface area contributed by atoms with Crippen LogP contribution in [0.3, 0.4) is 0 Å². The Kier molecular flexibility index (Phi) is 4.07. The highest BCUT2D eigenvalue weighted by Crippen LogP contribution is 2.18. The minimum atomic E-state index is -0.0933. The zero-order chi connectivity index (χ0) is 12.8. The van der Waals surface area contributed by atoms with E-state index in [0.29, 0.717) is 6.42 Å². The second-order valence-electron chi connectivity index (χ2n) is 4.20. The average Bonchev–Trinajstić information content (AvgIpc) is 2.41. The van der Waals surface area contributed by atoms with Crippen molar-refractivity contribution in [3.05, 3.63) is 58.5 Å². The van der Waals surface area contributed by atoms with Crippen molar-refractivity contribution in [3.8, 4) is 11.1 Å². The quantitative estimate of drug-likeness (QED) is 0.646. The number of hydrogen-bond acceptors (Lipinski definition) is 2. The zero-order valence-electron chi connectivity index (χ0n) is 10.1. The van der Waals surface area contributed by atoms with Crippen LogP contribution >= 0.6 is 0 Å². The van der Waals surface area contributed by atoms with E-state index in [4.69, 9.17) is 0 Å². The Morgan fingerprint density at radius 2 is 1.72 bits per heavy atom. The highest BCUT2D eigenvalue weighted by Gasteiger charge is 1.98. The molecule has 3 heteroatoms. The molecular formula is C15H15NO2. The molecular weight excluding hydrogens is 226 g/mol. The summed E-state index contributed by atoms with van der Waals surface area (Å²) in [5, 5.41) is 0. The monoisotopic (exact) mass is 241 g/mol. The van der Waals surface area contributed by atoms with E-state index in [2.05, 4.69) is 17.1 Å². The normalized spacial score (nSPS) is 10.2. The second kappa shape index (κ2) is 5.96. The summed E-state index contributed by atoms with van der Waals surface area (Å²) in [7, 11) is 0. The molecule has 0 atom stereocenters. The van der Waals surface area contributed by atoms with E-state index in [1.54, 1.807) is 12.3 Å². The Bertz CT molecular complexity index is 549. The van der Waals surface area contributed by atoms with E-state index in [1.807, 2.05) is 12.1 Å². The fourth-order valence-corrected chi connectivity index (χ4v) is 1.84. The maximum Gasteiger partial charge on any atom is 0.247 e. The summed E-state index contributed by atoms with van der Waals surface area (Å²) < 4.78 is 0. The molecule has 0 spiro atoms. The largest absolute Gasteiger partial charge is 0.328 e. The lowest BCUT2D eigenvalue weighted by Gasteiger charge is -2.03. The molecule has 92 valence electrons. The fraction of sp³-hybridized carbons (Fsp3) is 0.200. The van der Waals surface area contributed by atoms with Gasteiger partial charge in [0.15, 0.2) is 0 Å². The maximum absolute atomic E-state index is 11.0. The number of aromatic amines is 1. The molecule has 1 N–H and O–H groups in total. The summed E-state index contributed by atoms with van der Waals surface area (Å²) in [6.45, 7) is 0. The fourth-order valence-electron chi connectivity index (χ4n) is 1.84. The molecule has 18 heavy (non-hydrogen) atoms. The Balaban J connectivity index is 2.09. The van der Waals surface area contributed by atoms with Gasteiger partial charge in [-0.1, -0.05) is 24.3 Å².